The van der Waals surface area contributed by atoms with Crippen LogP contribution in [-0.2, 0) is 26.2 Å². The summed E-state index contributed by atoms with van der Waals surface area (Å²) in [5, 5.41) is 3.03. The van der Waals surface area contributed by atoms with Crippen molar-refractivity contribution in [1.29, 1.82) is 0 Å². The third-order valence-corrected chi connectivity index (χ3v) is 7.72. The Hall–Kier alpha value is -3.40. The predicted molar refractivity (Wildman–Crippen MR) is 142 cm³/mol. The summed E-state index contributed by atoms with van der Waals surface area (Å²) in [6.45, 7) is 2.59. The highest BCUT2D eigenvalue weighted by Crippen LogP contribution is 2.22. The number of nitrogens with zero attached hydrogens (tertiary/aromatic N) is 2. The Labute approximate surface area is 218 Å². The van der Waals surface area contributed by atoms with E-state index in [0.717, 1.165) is 41.8 Å². The summed E-state index contributed by atoms with van der Waals surface area (Å²) in [5.74, 6) is -0.451. The third-order valence-electron chi connectivity index (χ3n) is 6.58. The molecule has 1 aliphatic rings. The number of Topliss-reactive ketones (excluding diaryl/α,β-unsaturated/α-hetero) is 1. The number of ketones is 1. The van der Waals surface area contributed by atoms with E-state index in [9.17, 15) is 22.8 Å². The number of methoxy groups -OCH3 is 1. The Morgan fingerprint density at radius 3 is 2.38 bits per heavy atom. The van der Waals surface area contributed by atoms with E-state index in [1.54, 1.807) is 44.4 Å². The van der Waals surface area contributed by atoms with Crippen LogP contribution in [0.25, 0.3) is 0 Å². The highest BCUT2D eigenvalue weighted by Gasteiger charge is 2.31. The lowest BCUT2D eigenvalue weighted by molar-refractivity contribution is -0.139. The van der Waals surface area contributed by atoms with Crippen LogP contribution in [0.2, 0.25) is 0 Å². The van der Waals surface area contributed by atoms with Crippen LogP contribution in [0.3, 0.4) is 0 Å². The number of anilines is 1. The highest BCUT2D eigenvalue weighted by atomic mass is 32.2. The fourth-order valence-corrected chi connectivity index (χ4v) is 5.28. The van der Waals surface area contributed by atoms with Gasteiger partial charge in [0.25, 0.3) is 0 Å². The van der Waals surface area contributed by atoms with Crippen LogP contribution in [0.1, 0.15) is 55.5 Å². The molecule has 1 aliphatic carbocycles. The molecule has 3 rings (SSSR count). The molecule has 1 unspecified atom stereocenters. The zero-order chi connectivity index (χ0) is 27.2. The van der Waals surface area contributed by atoms with Crippen LogP contribution in [0, 0.1) is 0 Å². The lowest BCUT2D eigenvalue weighted by Crippen LogP contribution is -2.52. The molecule has 2 aromatic carbocycles. The molecule has 200 valence electrons. The van der Waals surface area contributed by atoms with Crippen molar-refractivity contribution in [2.24, 2.45) is 0 Å². The number of nitrogens with one attached hydrogen (secondary N) is 1. The van der Waals surface area contributed by atoms with Crippen LogP contribution in [0.15, 0.2) is 48.5 Å². The maximum absolute atomic E-state index is 13.7. The fraction of sp³-hybridized carbons (Fsp3) is 0.444. The van der Waals surface area contributed by atoms with Gasteiger partial charge in [0.1, 0.15) is 18.3 Å². The zero-order valence-electron chi connectivity index (χ0n) is 21.8. The van der Waals surface area contributed by atoms with E-state index < -0.39 is 28.5 Å². The van der Waals surface area contributed by atoms with E-state index in [1.165, 1.54) is 24.0 Å². The first-order valence-corrected chi connectivity index (χ1v) is 14.2. The minimum Gasteiger partial charge on any atom is -0.497 e. The van der Waals surface area contributed by atoms with Crippen molar-refractivity contribution in [3.05, 3.63) is 59.7 Å². The van der Waals surface area contributed by atoms with Gasteiger partial charge in [0.2, 0.25) is 21.8 Å². The molecule has 1 fully saturated rings. The number of benzene rings is 2. The second-order valence-corrected chi connectivity index (χ2v) is 11.3. The minimum atomic E-state index is -3.88. The van der Waals surface area contributed by atoms with Gasteiger partial charge in [-0.1, -0.05) is 37.1 Å². The number of amides is 2. The Morgan fingerprint density at radius 1 is 1.08 bits per heavy atom. The Bertz CT molecular complexity index is 1240. The van der Waals surface area contributed by atoms with Crippen molar-refractivity contribution < 1.29 is 27.5 Å². The highest BCUT2D eigenvalue weighted by molar-refractivity contribution is 7.92. The van der Waals surface area contributed by atoms with Gasteiger partial charge in [0, 0.05) is 18.2 Å². The van der Waals surface area contributed by atoms with Gasteiger partial charge >= 0.3 is 0 Å². The largest absolute Gasteiger partial charge is 0.497 e. The monoisotopic (exact) mass is 529 g/mol. The Morgan fingerprint density at radius 2 is 1.76 bits per heavy atom. The van der Waals surface area contributed by atoms with Crippen LogP contribution >= 0.6 is 0 Å². The summed E-state index contributed by atoms with van der Waals surface area (Å²) in [6, 6.07) is 12.5. The Balaban J connectivity index is 1.92. The van der Waals surface area contributed by atoms with Crippen LogP contribution in [0.5, 0.6) is 5.75 Å². The lowest BCUT2D eigenvalue weighted by Gasteiger charge is -2.32. The summed E-state index contributed by atoms with van der Waals surface area (Å²) in [7, 11) is -2.34. The maximum atomic E-state index is 13.7. The fourth-order valence-electron chi connectivity index (χ4n) is 4.44. The van der Waals surface area contributed by atoms with E-state index in [4.69, 9.17) is 4.74 Å². The Kier molecular flexibility index (Phi) is 9.31. The van der Waals surface area contributed by atoms with Gasteiger partial charge in [-0.25, -0.2) is 8.42 Å². The molecule has 9 nitrogen and oxygen atoms in total. The SMILES string of the molecule is COc1cccc(CN(C(=O)CN(c2cccc(C(C)=O)c2)S(C)(=O)=O)C(C)C(=O)NC2CCCC2)c1. The van der Waals surface area contributed by atoms with E-state index in [1.807, 2.05) is 6.07 Å². The number of hydrogen-bond donors (Lipinski definition) is 1. The van der Waals surface area contributed by atoms with Gasteiger partial charge in [-0.3, -0.25) is 18.7 Å². The van der Waals surface area contributed by atoms with Gasteiger partial charge in [-0.05, 0) is 56.5 Å². The molecule has 1 atom stereocenters. The van der Waals surface area contributed by atoms with Crippen molar-refractivity contribution in [3.63, 3.8) is 0 Å². The van der Waals surface area contributed by atoms with Crippen LogP contribution in [-0.4, -0.2) is 62.9 Å². The molecule has 0 bridgehead atoms. The van der Waals surface area contributed by atoms with Gasteiger partial charge < -0.3 is 15.0 Å². The molecular weight excluding hydrogens is 494 g/mol. The first-order valence-electron chi connectivity index (χ1n) is 12.3. The maximum Gasteiger partial charge on any atom is 0.244 e. The molecule has 1 saturated carbocycles. The van der Waals surface area contributed by atoms with Crippen LogP contribution in [0.4, 0.5) is 5.69 Å². The van der Waals surface area contributed by atoms with Crippen molar-refractivity contribution in [1.82, 2.24) is 10.2 Å². The topological polar surface area (TPSA) is 113 Å². The molecule has 0 radical (unpaired) electrons. The molecule has 0 spiro atoms. The minimum absolute atomic E-state index is 0.0746. The molecule has 37 heavy (non-hydrogen) atoms. The number of carbonyl (C=O) groups excluding carboxylic acids is 3. The van der Waals surface area contributed by atoms with Crippen molar-refractivity contribution in [2.45, 2.75) is 58.2 Å². The molecule has 0 aromatic heterocycles. The first kappa shape index (κ1) is 28.2. The first-order chi connectivity index (χ1) is 17.5. The van der Waals surface area contributed by atoms with E-state index in [0.29, 0.717) is 11.3 Å². The van der Waals surface area contributed by atoms with Crippen molar-refractivity contribution >= 4 is 33.3 Å². The van der Waals surface area contributed by atoms with Crippen LogP contribution < -0.4 is 14.4 Å². The van der Waals surface area contributed by atoms with E-state index in [2.05, 4.69) is 5.32 Å². The number of ether oxygens (including phenoxy) is 1. The summed E-state index contributed by atoms with van der Waals surface area (Å²) >= 11 is 0. The van der Waals surface area contributed by atoms with Gasteiger partial charge in [-0.15, -0.1) is 0 Å². The van der Waals surface area contributed by atoms with Gasteiger partial charge in [0.15, 0.2) is 5.78 Å². The summed E-state index contributed by atoms with van der Waals surface area (Å²) < 4.78 is 31.7. The van der Waals surface area contributed by atoms with Crippen molar-refractivity contribution in [3.8, 4) is 5.75 Å². The summed E-state index contributed by atoms with van der Waals surface area (Å²) in [5.41, 5.74) is 1.27. The molecule has 0 heterocycles. The second-order valence-electron chi connectivity index (χ2n) is 9.42. The average Bonchev–Trinajstić information content (AvgIpc) is 3.37. The third kappa shape index (κ3) is 7.55. The van der Waals surface area contributed by atoms with Crippen molar-refractivity contribution in [2.75, 3.05) is 24.2 Å². The molecule has 0 saturated heterocycles. The quantitative estimate of drug-likeness (QED) is 0.448. The predicted octanol–water partition coefficient (Wildman–Crippen LogP) is 3.14. The molecule has 10 heteroatoms. The second kappa shape index (κ2) is 12.2. The summed E-state index contributed by atoms with van der Waals surface area (Å²) in [4.78, 5) is 40.1. The van der Waals surface area contributed by atoms with E-state index in [-0.39, 0.29) is 30.0 Å². The van der Waals surface area contributed by atoms with Gasteiger partial charge in [-0.2, -0.15) is 0 Å². The smallest absolute Gasteiger partial charge is 0.244 e. The number of rotatable bonds is 11. The lowest BCUT2D eigenvalue weighted by atomic mass is 10.1. The number of carbonyl (C=O) groups is 3. The van der Waals surface area contributed by atoms with Gasteiger partial charge in [0.05, 0.1) is 19.1 Å². The number of sulfonamides is 1. The zero-order valence-corrected chi connectivity index (χ0v) is 22.6. The molecule has 2 amide bonds. The average molecular weight is 530 g/mol. The normalized spacial score (nSPS) is 14.6. The standard InChI is InChI=1S/C27H35N3O6S/c1-19(27(33)28-23-11-5-6-12-23)29(17-21-9-7-14-25(15-21)36-3)26(32)18-30(37(4,34)35)24-13-8-10-22(16-24)20(2)31/h7-10,13-16,19,23H,5-6,11-12,17-18H2,1-4H3,(H,28,33). The number of hydrogen-bond acceptors (Lipinski definition) is 6. The summed E-state index contributed by atoms with van der Waals surface area (Å²) in [6.07, 6.45) is 4.90. The molecule has 0 aliphatic heterocycles. The molecule has 1 N–H and O–H groups in total. The van der Waals surface area contributed by atoms with E-state index >= 15 is 0 Å². The molecular formula is C27H35N3O6S. The molecule has 2 aromatic rings.